The first-order valence-corrected chi connectivity index (χ1v) is 13.8. The maximum absolute atomic E-state index is 6.07. The first-order chi connectivity index (χ1) is 14.8. The second-order valence-corrected chi connectivity index (χ2v) is 12.8. The first kappa shape index (κ1) is 23.9. The minimum absolute atomic E-state index is 0.413. The first-order valence-electron chi connectivity index (χ1n) is 13.8. The van der Waals surface area contributed by atoms with E-state index in [0.29, 0.717) is 23.3 Å². The summed E-state index contributed by atoms with van der Waals surface area (Å²) in [5.74, 6) is 5.53. The maximum atomic E-state index is 6.07. The molecular formula is C29H49BO. The van der Waals surface area contributed by atoms with Gasteiger partial charge in [-0.2, -0.15) is 0 Å². The van der Waals surface area contributed by atoms with Crippen LogP contribution in [0.4, 0.5) is 0 Å². The lowest BCUT2D eigenvalue weighted by Gasteiger charge is -2.58. The predicted molar refractivity (Wildman–Crippen MR) is 133 cm³/mol. The van der Waals surface area contributed by atoms with Crippen molar-refractivity contribution in [1.29, 1.82) is 0 Å². The Morgan fingerprint density at radius 2 is 1.84 bits per heavy atom. The van der Waals surface area contributed by atoms with Crippen LogP contribution in [0, 0.1) is 46.3 Å². The molecule has 2 radical (unpaired) electrons. The van der Waals surface area contributed by atoms with Gasteiger partial charge in [-0.3, -0.25) is 0 Å². The Labute approximate surface area is 195 Å². The van der Waals surface area contributed by atoms with Crippen molar-refractivity contribution in [1.82, 2.24) is 0 Å². The number of rotatable bonds is 8. The predicted octanol–water partition coefficient (Wildman–Crippen LogP) is 8.00. The zero-order valence-electron chi connectivity index (χ0n) is 21.3. The molecule has 3 saturated carbocycles. The number of fused-ring (bicyclic) bond motifs is 5. The van der Waals surface area contributed by atoms with E-state index in [-0.39, 0.29) is 0 Å². The van der Waals surface area contributed by atoms with Gasteiger partial charge in [0.15, 0.2) is 0 Å². The molecule has 8 unspecified atom stereocenters. The van der Waals surface area contributed by atoms with Crippen LogP contribution in [0.2, 0.25) is 6.32 Å². The molecule has 8 atom stereocenters. The minimum atomic E-state index is 0.413. The van der Waals surface area contributed by atoms with Crippen molar-refractivity contribution in [2.24, 2.45) is 46.3 Å². The fourth-order valence-corrected chi connectivity index (χ4v) is 9.03. The summed E-state index contributed by atoms with van der Waals surface area (Å²) in [6, 6.07) is 0. The van der Waals surface area contributed by atoms with Crippen LogP contribution in [0.5, 0.6) is 0 Å². The molecular weight excluding hydrogens is 375 g/mol. The molecule has 0 amide bonds. The zero-order chi connectivity index (χ0) is 22.2. The molecule has 0 spiro atoms. The van der Waals surface area contributed by atoms with Crippen molar-refractivity contribution in [3.63, 3.8) is 0 Å². The number of ether oxygens (including phenoxy) is 1. The van der Waals surface area contributed by atoms with Gasteiger partial charge in [-0.1, -0.05) is 71.9 Å². The number of hydrogen-bond donors (Lipinski definition) is 0. The van der Waals surface area contributed by atoms with Crippen LogP contribution in [-0.2, 0) is 4.74 Å². The van der Waals surface area contributed by atoms with E-state index in [9.17, 15) is 0 Å². The van der Waals surface area contributed by atoms with Crippen molar-refractivity contribution in [2.45, 2.75) is 118 Å². The summed E-state index contributed by atoms with van der Waals surface area (Å²) in [6.45, 7) is 13.4. The topological polar surface area (TPSA) is 9.23 Å². The van der Waals surface area contributed by atoms with Gasteiger partial charge in [-0.05, 0) is 97.7 Å². The Morgan fingerprint density at radius 1 is 1.03 bits per heavy atom. The third-order valence-corrected chi connectivity index (χ3v) is 10.7. The van der Waals surface area contributed by atoms with Crippen molar-refractivity contribution < 1.29 is 4.74 Å². The average molecular weight is 425 g/mol. The van der Waals surface area contributed by atoms with Gasteiger partial charge in [0.05, 0.1) is 14.0 Å². The second-order valence-electron chi connectivity index (χ2n) is 12.8. The van der Waals surface area contributed by atoms with Crippen molar-refractivity contribution in [3.05, 3.63) is 11.6 Å². The van der Waals surface area contributed by atoms with E-state index in [1.165, 1.54) is 64.2 Å². The van der Waals surface area contributed by atoms with Crippen LogP contribution in [-0.4, -0.2) is 20.6 Å². The quantitative estimate of drug-likeness (QED) is 0.283. The lowest BCUT2D eigenvalue weighted by atomic mass is 9.47. The van der Waals surface area contributed by atoms with Crippen LogP contribution in [0.25, 0.3) is 0 Å². The van der Waals surface area contributed by atoms with Crippen LogP contribution >= 0.6 is 0 Å². The molecule has 0 N–H and O–H groups in total. The van der Waals surface area contributed by atoms with Crippen molar-refractivity contribution in [3.8, 4) is 0 Å². The average Bonchev–Trinajstić information content (AvgIpc) is 3.09. The van der Waals surface area contributed by atoms with E-state index >= 15 is 0 Å². The van der Waals surface area contributed by atoms with Crippen LogP contribution in [0.3, 0.4) is 0 Å². The molecule has 0 bridgehead atoms. The molecule has 4 aliphatic rings. The number of hydrogen-bond acceptors (Lipinski definition) is 1. The van der Waals surface area contributed by atoms with Gasteiger partial charge < -0.3 is 4.74 Å². The molecule has 0 aromatic carbocycles. The third kappa shape index (κ3) is 4.46. The van der Waals surface area contributed by atoms with E-state index in [4.69, 9.17) is 12.6 Å². The normalized spacial score (nSPS) is 43.2. The molecule has 0 aromatic heterocycles. The summed E-state index contributed by atoms with van der Waals surface area (Å²) in [4.78, 5) is 0. The maximum Gasteiger partial charge on any atom is 0.0684 e. The fourth-order valence-electron chi connectivity index (χ4n) is 9.03. The Kier molecular flexibility index (Phi) is 7.37. The molecule has 1 nitrogen and oxygen atoms in total. The van der Waals surface area contributed by atoms with Gasteiger partial charge >= 0.3 is 0 Å². The van der Waals surface area contributed by atoms with Crippen molar-refractivity contribution in [2.75, 3.05) is 6.61 Å². The van der Waals surface area contributed by atoms with Crippen LogP contribution in [0.15, 0.2) is 11.6 Å². The van der Waals surface area contributed by atoms with Gasteiger partial charge in [-0.15, -0.1) is 0 Å². The molecule has 2 heteroatoms. The largest absolute Gasteiger partial charge is 0.379 e. The van der Waals surface area contributed by atoms with Gasteiger partial charge in [0.2, 0.25) is 0 Å². The van der Waals surface area contributed by atoms with Crippen LogP contribution < -0.4 is 0 Å². The summed E-state index contributed by atoms with van der Waals surface area (Å²) < 4.78 is 6.07. The molecule has 174 valence electrons. The van der Waals surface area contributed by atoms with E-state index < -0.39 is 0 Å². The standard InChI is InChI=1S/C29H49BO/c1-20(2)7-6-8-21(3)25-11-12-26-24-10-9-22-19-23(31-18-17-30)13-15-28(22,4)27(24)14-16-29(25,26)5/h9,20-21,23-27H,6-8,10-19H2,1-5H3. The number of allylic oxidation sites excluding steroid dienone is 1. The summed E-state index contributed by atoms with van der Waals surface area (Å²) in [6.07, 6.45) is 19.0. The molecule has 4 rings (SSSR count). The monoisotopic (exact) mass is 424 g/mol. The SMILES string of the molecule is [B]CCOC1CCC2(C)C(=CCC3C2CCC2(C)C(C(C)CCCC(C)C)CCC32)C1. The smallest absolute Gasteiger partial charge is 0.0684 e. The highest BCUT2D eigenvalue weighted by molar-refractivity contribution is 6.08. The van der Waals surface area contributed by atoms with E-state index in [0.717, 1.165) is 48.5 Å². The molecule has 0 aliphatic heterocycles. The van der Waals surface area contributed by atoms with Gasteiger partial charge in [-0.25, -0.2) is 0 Å². The van der Waals surface area contributed by atoms with E-state index in [1.807, 2.05) is 0 Å². The second kappa shape index (κ2) is 9.56. The lowest BCUT2D eigenvalue weighted by Crippen LogP contribution is -2.51. The molecule has 0 heterocycles. The van der Waals surface area contributed by atoms with E-state index in [2.05, 4.69) is 40.7 Å². The molecule has 31 heavy (non-hydrogen) atoms. The van der Waals surface area contributed by atoms with Gasteiger partial charge in [0.1, 0.15) is 0 Å². The fraction of sp³-hybridized carbons (Fsp3) is 0.931. The Balaban J connectivity index is 1.45. The summed E-state index contributed by atoms with van der Waals surface area (Å²) in [5.41, 5.74) is 2.78. The summed E-state index contributed by atoms with van der Waals surface area (Å²) in [5, 5.41) is 0. The van der Waals surface area contributed by atoms with Gasteiger partial charge in [0.25, 0.3) is 0 Å². The zero-order valence-corrected chi connectivity index (χ0v) is 21.3. The lowest BCUT2D eigenvalue weighted by molar-refractivity contribution is -0.0630. The summed E-state index contributed by atoms with van der Waals surface area (Å²) >= 11 is 0. The third-order valence-electron chi connectivity index (χ3n) is 10.7. The molecule has 3 fully saturated rings. The molecule has 4 aliphatic carbocycles. The molecule has 0 saturated heterocycles. The summed E-state index contributed by atoms with van der Waals surface area (Å²) in [7, 11) is 5.69. The highest BCUT2D eigenvalue weighted by Crippen LogP contribution is 2.67. The van der Waals surface area contributed by atoms with Crippen LogP contribution in [0.1, 0.15) is 105 Å². The minimum Gasteiger partial charge on any atom is -0.379 e. The van der Waals surface area contributed by atoms with E-state index in [1.54, 1.807) is 5.57 Å². The molecule has 0 aromatic rings. The Bertz CT molecular complexity index is 641. The highest BCUT2D eigenvalue weighted by Gasteiger charge is 2.59. The highest BCUT2D eigenvalue weighted by atomic mass is 16.5. The Morgan fingerprint density at radius 3 is 2.58 bits per heavy atom. The van der Waals surface area contributed by atoms with Gasteiger partial charge in [0, 0.05) is 6.61 Å². The Hall–Kier alpha value is -0.235. The van der Waals surface area contributed by atoms with Crippen molar-refractivity contribution >= 4 is 7.85 Å².